The number of nitrogen functional groups attached to an aromatic ring is 1. The van der Waals surface area contributed by atoms with Crippen LogP contribution in [-0.2, 0) is 0 Å². The highest BCUT2D eigenvalue weighted by molar-refractivity contribution is 5.41. The van der Waals surface area contributed by atoms with Gasteiger partial charge in [0.1, 0.15) is 11.9 Å². The van der Waals surface area contributed by atoms with E-state index in [0.717, 1.165) is 17.0 Å². The van der Waals surface area contributed by atoms with Crippen molar-refractivity contribution in [1.29, 1.82) is 0 Å². The average molecular weight is 255 g/mol. The third-order valence-electron chi connectivity index (χ3n) is 3.22. The molecule has 0 aliphatic rings. The topological polar surface area (TPSA) is 35.2 Å². The van der Waals surface area contributed by atoms with Gasteiger partial charge in [-0.05, 0) is 48.2 Å². The highest BCUT2D eigenvalue weighted by atomic mass is 16.5. The Morgan fingerprint density at radius 2 is 1.58 bits per heavy atom. The summed E-state index contributed by atoms with van der Waals surface area (Å²) < 4.78 is 5.99. The van der Waals surface area contributed by atoms with Crippen LogP contribution in [0, 0.1) is 0 Å². The Balaban J connectivity index is 2.14. The van der Waals surface area contributed by atoms with E-state index < -0.39 is 0 Å². The van der Waals surface area contributed by atoms with Crippen molar-refractivity contribution >= 4 is 5.69 Å². The standard InChI is InChI=1S/C17H21NO/c1-12(2)14-6-5-9-17(11-14)19-13(3)15-7-4-8-16(18)10-15/h4-13H,18H2,1-3H3. The number of benzene rings is 2. The lowest BCUT2D eigenvalue weighted by molar-refractivity contribution is 0.226. The lowest BCUT2D eigenvalue weighted by atomic mass is 10.0. The molecule has 0 amide bonds. The highest BCUT2D eigenvalue weighted by Crippen LogP contribution is 2.25. The third kappa shape index (κ3) is 3.50. The normalized spacial score (nSPS) is 12.4. The number of hydrogen-bond acceptors (Lipinski definition) is 2. The maximum atomic E-state index is 5.99. The molecule has 0 saturated heterocycles. The molecule has 0 bridgehead atoms. The summed E-state index contributed by atoms with van der Waals surface area (Å²) in [5.74, 6) is 1.41. The molecular weight excluding hydrogens is 234 g/mol. The molecule has 0 spiro atoms. The zero-order valence-corrected chi connectivity index (χ0v) is 11.8. The molecule has 0 heterocycles. The summed E-state index contributed by atoms with van der Waals surface area (Å²) in [5, 5.41) is 0. The maximum absolute atomic E-state index is 5.99. The molecule has 0 aliphatic heterocycles. The quantitative estimate of drug-likeness (QED) is 0.814. The van der Waals surface area contributed by atoms with Gasteiger partial charge in [0.2, 0.25) is 0 Å². The van der Waals surface area contributed by atoms with Crippen molar-refractivity contribution in [2.45, 2.75) is 32.8 Å². The summed E-state index contributed by atoms with van der Waals surface area (Å²) in [6.07, 6.45) is -0.00841. The first-order valence-electron chi connectivity index (χ1n) is 6.68. The smallest absolute Gasteiger partial charge is 0.121 e. The van der Waals surface area contributed by atoms with Gasteiger partial charge in [0.25, 0.3) is 0 Å². The van der Waals surface area contributed by atoms with Crippen molar-refractivity contribution in [2.75, 3.05) is 5.73 Å². The summed E-state index contributed by atoms with van der Waals surface area (Å²) in [5.41, 5.74) is 8.95. The van der Waals surface area contributed by atoms with Crippen LogP contribution in [0.1, 0.15) is 43.9 Å². The monoisotopic (exact) mass is 255 g/mol. The fourth-order valence-corrected chi connectivity index (χ4v) is 2.03. The summed E-state index contributed by atoms with van der Waals surface area (Å²) in [6.45, 7) is 6.40. The average Bonchev–Trinajstić information content (AvgIpc) is 2.39. The van der Waals surface area contributed by atoms with Crippen LogP contribution < -0.4 is 10.5 Å². The van der Waals surface area contributed by atoms with Crippen LogP contribution in [0.2, 0.25) is 0 Å². The van der Waals surface area contributed by atoms with E-state index >= 15 is 0 Å². The van der Waals surface area contributed by atoms with E-state index in [0.29, 0.717) is 5.92 Å². The predicted octanol–water partition coefficient (Wildman–Crippen LogP) is 4.53. The van der Waals surface area contributed by atoms with Crippen LogP contribution in [-0.4, -0.2) is 0 Å². The van der Waals surface area contributed by atoms with Crippen molar-refractivity contribution in [3.05, 3.63) is 59.7 Å². The Labute approximate surface area is 115 Å². The van der Waals surface area contributed by atoms with Gasteiger partial charge < -0.3 is 10.5 Å². The van der Waals surface area contributed by atoms with Crippen LogP contribution >= 0.6 is 0 Å². The van der Waals surface area contributed by atoms with E-state index in [9.17, 15) is 0 Å². The number of rotatable bonds is 4. The van der Waals surface area contributed by atoms with E-state index in [2.05, 4.69) is 26.0 Å². The molecule has 0 aromatic heterocycles. The zero-order chi connectivity index (χ0) is 13.8. The minimum absolute atomic E-state index is 0.00841. The van der Waals surface area contributed by atoms with Crippen LogP contribution in [0.15, 0.2) is 48.5 Å². The fourth-order valence-electron chi connectivity index (χ4n) is 2.03. The summed E-state index contributed by atoms with van der Waals surface area (Å²) >= 11 is 0. The van der Waals surface area contributed by atoms with Gasteiger partial charge in [0, 0.05) is 5.69 Å². The van der Waals surface area contributed by atoms with E-state index in [-0.39, 0.29) is 6.10 Å². The molecule has 19 heavy (non-hydrogen) atoms. The molecule has 2 aromatic carbocycles. The number of hydrogen-bond donors (Lipinski definition) is 1. The number of anilines is 1. The molecule has 2 aromatic rings. The molecule has 0 fully saturated rings. The third-order valence-corrected chi connectivity index (χ3v) is 3.22. The molecular formula is C17H21NO. The highest BCUT2D eigenvalue weighted by Gasteiger charge is 2.08. The second kappa shape index (κ2) is 5.79. The summed E-state index contributed by atoms with van der Waals surface area (Å²) in [7, 11) is 0. The van der Waals surface area contributed by atoms with Gasteiger partial charge in [-0.25, -0.2) is 0 Å². The van der Waals surface area contributed by atoms with E-state index in [1.165, 1.54) is 5.56 Å². The Morgan fingerprint density at radius 1 is 0.895 bits per heavy atom. The second-order valence-electron chi connectivity index (χ2n) is 5.16. The molecule has 2 nitrogen and oxygen atoms in total. The fraction of sp³-hybridized carbons (Fsp3) is 0.294. The van der Waals surface area contributed by atoms with E-state index in [4.69, 9.17) is 10.5 Å². The Bertz CT molecular complexity index is 548. The molecule has 2 rings (SSSR count). The Hall–Kier alpha value is -1.96. The van der Waals surface area contributed by atoms with Gasteiger partial charge in [-0.1, -0.05) is 38.1 Å². The maximum Gasteiger partial charge on any atom is 0.121 e. The molecule has 0 saturated carbocycles. The van der Waals surface area contributed by atoms with Crippen molar-refractivity contribution in [2.24, 2.45) is 0 Å². The van der Waals surface area contributed by atoms with Gasteiger partial charge in [0.05, 0.1) is 0 Å². The van der Waals surface area contributed by atoms with E-state index in [1.54, 1.807) is 0 Å². The van der Waals surface area contributed by atoms with Crippen molar-refractivity contribution in [3.63, 3.8) is 0 Å². The molecule has 1 unspecified atom stereocenters. The van der Waals surface area contributed by atoms with Crippen molar-refractivity contribution < 1.29 is 4.74 Å². The minimum atomic E-state index is -0.00841. The van der Waals surface area contributed by atoms with E-state index in [1.807, 2.05) is 43.3 Å². The first kappa shape index (κ1) is 13.5. The predicted molar refractivity (Wildman–Crippen MR) is 80.4 cm³/mol. The lowest BCUT2D eigenvalue weighted by Crippen LogP contribution is -2.04. The Morgan fingerprint density at radius 3 is 2.26 bits per heavy atom. The molecule has 100 valence electrons. The number of ether oxygens (including phenoxy) is 1. The van der Waals surface area contributed by atoms with Crippen LogP contribution in [0.4, 0.5) is 5.69 Å². The summed E-state index contributed by atoms with van der Waals surface area (Å²) in [6, 6.07) is 16.1. The van der Waals surface area contributed by atoms with Gasteiger partial charge in [-0.15, -0.1) is 0 Å². The van der Waals surface area contributed by atoms with Crippen LogP contribution in [0.25, 0.3) is 0 Å². The molecule has 0 aliphatic carbocycles. The minimum Gasteiger partial charge on any atom is -0.486 e. The van der Waals surface area contributed by atoms with Gasteiger partial charge in [0.15, 0.2) is 0 Å². The molecule has 2 heteroatoms. The van der Waals surface area contributed by atoms with Crippen LogP contribution in [0.3, 0.4) is 0 Å². The second-order valence-corrected chi connectivity index (χ2v) is 5.16. The Kier molecular flexibility index (Phi) is 4.10. The molecule has 1 atom stereocenters. The zero-order valence-electron chi connectivity index (χ0n) is 11.8. The first-order valence-corrected chi connectivity index (χ1v) is 6.68. The number of nitrogens with two attached hydrogens (primary N) is 1. The van der Waals surface area contributed by atoms with Crippen molar-refractivity contribution in [1.82, 2.24) is 0 Å². The molecule has 0 radical (unpaired) electrons. The lowest BCUT2D eigenvalue weighted by Gasteiger charge is -2.16. The van der Waals surface area contributed by atoms with Gasteiger partial charge in [-0.3, -0.25) is 0 Å². The summed E-state index contributed by atoms with van der Waals surface area (Å²) in [4.78, 5) is 0. The largest absolute Gasteiger partial charge is 0.486 e. The van der Waals surface area contributed by atoms with Crippen LogP contribution in [0.5, 0.6) is 5.75 Å². The van der Waals surface area contributed by atoms with Gasteiger partial charge >= 0.3 is 0 Å². The first-order chi connectivity index (χ1) is 9.06. The van der Waals surface area contributed by atoms with Crippen molar-refractivity contribution in [3.8, 4) is 5.75 Å². The SMILES string of the molecule is CC(C)c1cccc(OC(C)c2cccc(N)c2)c1. The molecule has 2 N–H and O–H groups in total. The van der Waals surface area contributed by atoms with Gasteiger partial charge in [-0.2, -0.15) is 0 Å².